The molecule has 2 aromatic carbocycles. The first-order valence-electron chi connectivity index (χ1n) is 15.3. The van der Waals surface area contributed by atoms with Crippen molar-refractivity contribution in [2.75, 3.05) is 46.4 Å². The molecule has 3 aromatic rings. The third-order valence-electron chi connectivity index (χ3n) is 7.33. The number of hydrogen-bond donors (Lipinski definition) is 2. The van der Waals surface area contributed by atoms with Crippen molar-refractivity contribution < 1.29 is 32.7 Å². The molecule has 1 heterocycles. The lowest BCUT2D eigenvalue weighted by molar-refractivity contribution is -0.153. The summed E-state index contributed by atoms with van der Waals surface area (Å²) >= 11 is 0. The number of likely N-dealkylation sites (N-methyl/N-ethyl adjacent to an activating group) is 1. The van der Waals surface area contributed by atoms with Gasteiger partial charge in [0.05, 0.1) is 19.5 Å². The summed E-state index contributed by atoms with van der Waals surface area (Å²) in [7, 11) is 1.45. The van der Waals surface area contributed by atoms with E-state index in [0.717, 1.165) is 5.56 Å². The van der Waals surface area contributed by atoms with Crippen LogP contribution in [-0.2, 0) is 43.2 Å². The Morgan fingerprint density at radius 2 is 1.57 bits per heavy atom. The standard InChI is InChI=1S/C35H41F2N5O5/c1-3-22-47-34(45)23-31(35(46)41(25-32(43)38-2)20-17-30-6-4-5-18-40-30)42(21-16-27-9-13-29(37)14-10-27)33(44)24-39-19-15-26-7-11-28(36)12-8-26/h3-14,18,31,39H,1,15-17,19-25H2,2H3,(H,38,43). The zero-order valence-corrected chi connectivity index (χ0v) is 26.5. The van der Waals surface area contributed by atoms with Crippen LogP contribution in [0.4, 0.5) is 8.78 Å². The number of halogens is 2. The Kier molecular flexibility index (Phi) is 15.2. The topological polar surface area (TPSA) is 121 Å². The molecule has 10 nitrogen and oxygen atoms in total. The number of nitrogens with one attached hydrogen (secondary N) is 2. The van der Waals surface area contributed by atoms with Gasteiger partial charge in [0.1, 0.15) is 24.3 Å². The van der Waals surface area contributed by atoms with Crippen LogP contribution in [0.15, 0.2) is 85.6 Å². The molecule has 1 aromatic heterocycles. The van der Waals surface area contributed by atoms with E-state index in [0.29, 0.717) is 30.6 Å². The minimum atomic E-state index is -1.31. The highest BCUT2D eigenvalue weighted by Gasteiger charge is 2.35. The summed E-state index contributed by atoms with van der Waals surface area (Å²) < 4.78 is 32.1. The maximum atomic E-state index is 14.3. The number of pyridine rings is 1. The fourth-order valence-corrected chi connectivity index (χ4v) is 4.76. The molecular weight excluding hydrogens is 608 g/mol. The monoisotopic (exact) mass is 649 g/mol. The smallest absolute Gasteiger partial charge is 0.308 e. The summed E-state index contributed by atoms with van der Waals surface area (Å²) in [6.45, 7) is 3.48. The van der Waals surface area contributed by atoms with Crippen LogP contribution in [0.5, 0.6) is 0 Å². The fourth-order valence-electron chi connectivity index (χ4n) is 4.76. The number of nitrogens with zero attached hydrogens (tertiary/aromatic N) is 3. The number of hydrogen-bond acceptors (Lipinski definition) is 7. The molecule has 3 amide bonds. The van der Waals surface area contributed by atoms with Gasteiger partial charge in [0, 0.05) is 38.4 Å². The molecule has 0 aliphatic rings. The van der Waals surface area contributed by atoms with E-state index < -0.39 is 42.0 Å². The van der Waals surface area contributed by atoms with Crippen LogP contribution in [0, 0.1) is 11.6 Å². The molecule has 250 valence electrons. The van der Waals surface area contributed by atoms with E-state index in [-0.39, 0.29) is 45.0 Å². The fraction of sp³-hybridized carbons (Fsp3) is 0.343. The lowest BCUT2D eigenvalue weighted by Gasteiger charge is -2.34. The average Bonchev–Trinajstić information content (AvgIpc) is 3.08. The Hall–Kier alpha value is -4.97. The maximum absolute atomic E-state index is 14.3. The van der Waals surface area contributed by atoms with Gasteiger partial charge in [-0.1, -0.05) is 43.0 Å². The van der Waals surface area contributed by atoms with Crippen molar-refractivity contribution in [1.82, 2.24) is 25.4 Å². The van der Waals surface area contributed by atoms with Gasteiger partial charge in [0.25, 0.3) is 0 Å². The van der Waals surface area contributed by atoms with Gasteiger partial charge in [-0.3, -0.25) is 24.2 Å². The number of carbonyl (C=O) groups excluding carboxylic acids is 4. The summed E-state index contributed by atoms with van der Waals surface area (Å²) in [6, 6.07) is 15.9. The van der Waals surface area contributed by atoms with Crippen LogP contribution in [-0.4, -0.2) is 90.9 Å². The molecule has 0 spiro atoms. The van der Waals surface area contributed by atoms with Crippen molar-refractivity contribution in [2.24, 2.45) is 0 Å². The van der Waals surface area contributed by atoms with E-state index in [4.69, 9.17) is 4.74 Å². The predicted octanol–water partition coefficient (Wildman–Crippen LogP) is 2.87. The Morgan fingerprint density at radius 1 is 0.915 bits per heavy atom. The predicted molar refractivity (Wildman–Crippen MR) is 173 cm³/mol. The van der Waals surface area contributed by atoms with Crippen molar-refractivity contribution >= 4 is 23.7 Å². The van der Waals surface area contributed by atoms with Crippen LogP contribution in [0.3, 0.4) is 0 Å². The lowest BCUT2D eigenvalue weighted by atomic mass is 10.1. The van der Waals surface area contributed by atoms with Gasteiger partial charge < -0.3 is 25.2 Å². The highest BCUT2D eigenvalue weighted by molar-refractivity contribution is 5.93. The average molecular weight is 650 g/mol. The van der Waals surface area contributed by atoms with Gasteiger partial charge in [-0.05, 0) is 66.9 Å². The van der Waals surface area contributed by atoms with Crippen LogP contribution in [0.2, 0.25) is 0 Å². The molecule has 12 heteroatoms. The van der Waals surface area contributed by atoms with Crippen LogP contribution < -0.4 is 10.6 Å². The second-order valence-electron chi connectivity index (χ2n) is 10.7. The molecule has 1 atom stereocenters. The number of aromatic nitrogens is 1. The minimum absolute atomic E-state index is 0.0172. The normalized spacial score (nSPS) is 11.3. The van der Waals surface area contributed by atoms with Gasteiger partial charge in [-0.25, -0.2) is 8.78 Å². The first kappa shape index (κ1) is 36.5. The summed E-state index contributed by atoms with van der Waals surface area (Å²) in [5.41, 5.74) is 2.28. The van der Waals surface area contributed by atoms with E-state index in [1.54, 1.807) is 42.6 Å². The maximum Gasteiger partial charge on any atom is 0.308 e. The van der Waals surface area contributed by atoms with Crippen LogP contribution in [0.1, 0.15) is 23.2 Å². The summed E-state index contributed by atoms with van der Waals surface area (Å²) in [5, 5.41) is 5.59. The number of ether oxygens (including phenoxy) is 1. The second kappa shape index (κ2) is 19.5. The molecule has 0 bridgehead atoms. The van der Waals surface area contributed by atoms with E-state index in [9.17, 15) is 28.0 Å². The highest BCUT2D eigenvalue weighted by atomic mass is 19.1. The Morgan fingerprint density at radius 3 is 2.17 bits per heavy atom. The Labute approximate surface area is 273 Å². The minimum Gasteiger partial charge on any atom is -0.461 e. The molecule has 47 heavy (non-hydrogen) atoms. The van der Waals surface area contributed by atoms with E-state index in [1.165, 1.54) is 47.2 Å². The molecule has 0 aliphatic carbocycles. The molecule has 0 saturated carbocycles. The van der Waals surface area contributed by atoms with Crippen molar-refractivity contribution in [2.45, 2.75) is 31.7 Å². The van der Waals surface area contributed by atoms with Gasteiger partial charge in [-0.2, -0.15) is 0 Å². The number of esters is 1. The molecule has 1 unspecified atom stereocenters. The zero-order valence-electron chi connectivity index (χ0n) is 26.5. The van der Waals surface area contributed by atoms with Crippen LogP contribution in [0.25, 0.3) is 0 Å². The molecule has 0 radical (unpaired) electrons. The molecule has 3 rings (SSSR count). The van der Waals surface area contributed by atoms with Gasteiger partial charge in [0.2, 0.25) is 17.7 Å². The van der Waals surface area contributed by atoms with Crippen molar-refractivity contribution in [3.63, 3.8) is 0 Å². The molecule has 2 N–H and O–H groups in total. The first-order valence-corrected chi connectivity index (χ1v) is 15.3. The number of amides is 3. The lowest BCUT2D eigenvalue weighted by Crippen LogP contribution is -2.55. The Bertz CT molecular complexity index is 1460. The first-order chi connectivity index (χ1) is 22.7. The van der Waals surface area contributed by atoms with Gasteiger partial charge >= 0.3 is 5.97 Å². The third-order valence-corrected chi connectivity index (χ3v) is 7.33. The van der Waals surface area contributed by atoms with E-state index in [1.807, 2.05) is 6.07 Å². The highest BCUT2D eigenvalue weighted by Crippen LogP contribution is 2.15. The van der Waals surface area contributed by atoms with Crippen molar-refractivity contribution in [3.8, 4) is 0 Å². The van der Waals surface area contributed by atoms with Crippen molar-refractivity contribution in [3.05, 3.63) is 114 Å². The molecular formula is C35H41F2N5O5. The Balaban J connectivity index is 1.88. The molecule has 0 fully saturated rings. The van der Waals surface area contributed by atoms with E-state index >= 15 is 0 Å². The van der Waals surface area contributed by atoms with Gasteiger partial charge in [-0.15, -0.1) is 0 Å². The third kappa shape index (κ3) is 12.7. The second-order valence-corrected chi connectivity index (χ2v) is 10.7. The van der Waals surface area contributed by atoms with E-state index in [2.05, 4.69) is 22.2 Å². The number of carbonyl (C=O) groups is 4. The summed E-state index contributed by atoms with van der Waals surface area (Å²) in [4.78, 5) is 60.4. The molecule has 0 saturated heterocycles. The largest absolute Gasteiger partial charge is 0.461 e. The number of rotatable bonds is 19. The molecule has 0 aliphatic heterocycles. The van der Waals surface area contributed by atoms with Crippen molar-refractivity contribution in [1.29, 1.82) is 0 Å². The summed E-state index contributed by atoms with van der Waals surface area (Å²) in [6.07, 6.45) is 3.65. The zero-order chi connectivity index (χ0) is 34.0. The quantitative estimate of drug-likeness (QED) is 0.116. The SMILES string of the molecule is C=CCOC(=O)CC(C(=O)N(CCc1ccccn1)CC(=O)NC)N(CCc1ccc(F)cc1)C(=O)CNCCc1ccc(F)cc1. The van der Waals surface area contributed by atoms with Crippen LogP contribution >= 0.6 is 0 Å². The van der Waals surface area contributed by atoms with Gasteiger partial charge in [0.15, 0.2) is 0 Å². The number of benzene rings is 2. The summed E-state index contributed by atoms with van der Waals surface area (Å²) in [5.74, 6) is -3.00.